The third-order valence-corrected chi connectivity index (χ3v) is 6.52. The van der Waals surface area contributed by atoms with Crippen LogP contribution in [0.2, 0.25) is 0 Å². The first-order chi connectivity index (χ1) is 17.2. The van der Waals surface area contributed by atoms with Crippen LogP contribution in [0.25, 0.3) is 0 Å². The van der Waals surface area contributed by atoms with Crippen molar-refractivity contribution in [2.75, 3.05) is 19.7 Å². The second kappa shape index (κ2) is 13.4. The molecule has 2 amide bonds. The summed E-state index contributed by atoms with van der Waals surface area (Å²) >= 11 is 8.89. The smallest absolute Gasteiger partial charge is 0.308 e. The summed E-state index contributed by atoms with van der Waals surface area (Å²) < 4.78 is 11.8. The van der Waals surface area contributed by atoms with E-state index in [0.717, 1.165) is 12.0 Å². The van der Waals surface area contributed by atoms with Crippen molar-refractivity contribution in [3.8, 4) is 5.75 Å². The lowest BCUT2D eigenvalue weighted by atomic mass is 10.1. The zero-order valence-electron chi connectivity index (χ0n) is 20.3. The summed E-state index contributed by atoms with van der Waals surface area (Å²) in [6.45, 7) is 5.64. The summed E-state index contributed by atoms with van der Waals surface area (Å²) in [5, 5.41) is 5.49. The Morgan fingerprint density at radius 2 is 1.97 bits per heavy atom. The molecule has 36 heavy (non-hydrogen) atoms. The van der Waals surface area contributed by atoms with Gasteiger partial charge in [-0.3, -0.25) is 19.7 Å². The third kappa shape index (κ3) is 8.03. The van der Waals surface area contributed by atoms with Gasteiger partial charge >= 0.3 is 5.97 Å². The van der Waals surface area contributed by atoms with Crippen molar-refractivity contribution in [2.45, 2.75) is 39.3 Å². The largest absolute Gasteiger partial charge is 0.492 e. The van der Waals surface area contributed by atoms with E-state index in [9.17, 15) is 14.4 Å². The molecule has 3 rings (SSSR count). The maximum Gasteiger partial charge on any atom is 0.308 e. The Labute approximate surface area is 224 Å². The van der Waals surface area contributed by atoms with Gasteiger partial charge < -0.3 is 19.7 Å². The molecule has 1 unspecified atom stereocenters. The fourth-order valence-corrected chi connectivity index (χ4v) is 4.32. The van der Waals surface area contributed by atoms with Gasteiger partial charge in [-0.05, 0) is 64.2 Å². The molecule has 2 N–H and O–H groups in total. The number of carbonyl (C=O) groups excluding carboxylic acids is 3. The minimum Gasteiger partial charge on any atom is -0.492 e. The third-order valence-electron chi connectivity index (χ3n) is 5.56. The van der Waals surface area contributed by atoms with E-state index < -0.39 is 17.9 Å². The quantitative estimate of drug-likeness (QED) is 0.346. The van der Waals surface area contributed by atoms with E-state index in [4.69, 9.17) is 21.7 Å². The summed E-state index contributed by atoms with van der Waals surface area (Å²) in [6, 6.07) is 13.4. The first-order valence-electron chi connectivity index (χ1n) is 11.8. The van der Waals surface area contributed by atoms with Crippen LogP contribution in [0.5, 0.6) is 5.75 Å². The molecule has 192 valence electrons. The van der Waals surface area contributed by atoms with E-state index in [0.29, 0.717) is 41.4 Å². The average Bonchev–Trinajstić information content (AvgIpc) is 2.85. The van der Waals surface area contributed by atoms with Crippen molar-refractivity contribution >= 4 is 51.0 Å². The topological polar surface area (TPSA) is 97.0 Å². The Morgan fingerprint density at radius 1 is 1.22 bits per heavy atom. The fourth-order valence-electron chi connectivity index (χ4n) is 3.52. The Hall–Kier alpha value is -2.98. The summed E-state index contributed by atoms with van der Waals surface area (Å²) in [4.78, 5) is 39.4. The number of thiocarbonyl (C=S) groups is 1. The van der Waals surface area contributed by atoms with Gasteiger partial charge in [0, 0.05) is 18.7 Å². The number of benzene rings is 2. The van der Waals surface area contributed by atoms with Crippen LogP contribution in [0.1, 0.15) is 42.6 Å². The van der Waals surface area contributed by atoms with Gasteiger partial charge in [0.15, 0.2) is 5.11 Å². The highest BCUT2D eigenvalue weighted by Crippen LogP contribution is 2.26. The van der Waals surface area contributed by atoms with Crippen LogP contribution in [0.3, 0.4) is 0 Å². The number of hydrogen-bond donors (Lipinski definition) is 2. The lowest BCUT2D eigenvalue weighted by Gasteiger charge is -2.36. The van der Waals surface area contributed by atoms with E-state index in [2.05, 4.69) is 40.4 Å². The second-order valence-electron chi connectivity index (χ2n) is 8.79. The first-order valence-corrected chi connectivity index (χ1v) is 13.0. The number of nitrogens with one attached hydrogen (secondary N) is 2. The van der Waals surface area contributed by atoms with Crippen LogP contribution in [0.15, 0.2) is 53.0 Å². The van der Waals surface area contributed by atoms with Crippen LogP contribution in [0, 0.1) is 5.92 Å². The zero-order valence-corrected chi connectivity index (χ0v) is 22.7. The van der Waals surface area contributed by atoms with Gasteiger partial charge in [0.2, 0.25) is 5.91 Å². The van der Waals surface area contributed by atoms with Crippen molar-refractivity contribution in [1.82, 2.24) is 15.5 Å². The maximum absolute atomic E-state index is 12.9. The number of carbonyl (C=O) groups is 3. The molecule has 1 aliphatic heterocycles. The molecular formula is C26H30BrN3O5S. The lowest BCUT2D eigenvalue weighted by molar-refractivity contribution is -0.148. The summed E-state index contributed by atoms with van der Waals surface area (Å²) in [5.41, 5.74) is 1.22. The number of amides is 2. The monoisotopic (exact) mass is 575 g/mol. The highest BCUT2D eigenvalue weighted by Gasteiger charge is 2.34. The molecule has 2 aromatic carbocycles. The Bertz CT molecular complexity index is 1100. The van der Waals surface area contributed by atoms with Crippen LogP contribution >= 0.6 is 28.1 Å². The van der Waals surface area contributed by atoms with E-state index in [-0.39, 0.29) is 24.0 Å². The van der Waals surface area contributed by atoms with E-state index in [1.165, 1.54) is 0 Å². The number of nitrogens with zero attached hydrogens (tertiary/aromatic N) is 1. The van der Waals surface area contributed by atoms with Crippen molar-refractivity contribution in [1.29, 1.82) is 0 Å². The van der Waals surface area contributed by atoms with Gasteiger partial charge in [-0.1, -0.05) is 44.2 Å². The molecule has 1 fully saturated rings. The molecule has 1 saturated heterocycles. The van der Waals surface area contributed by atoms with Crippen LogP contribution < -0.4 is 15.4 Å². The molecule has 8 nitrogen and oxygen atoms in total. The van der Waals surface area contributed by atoms with Crippen molar-refractivity contribution < 1.29 is 23.9 Å². The van der Waals surface area contributed by atoms with Gasteiger partial charge in [-0.15, -0.1) is 0 Å². The van der Waals surface area contributed by atoms with Crippen LogP contribution in [-0.4, -0.2) is 53.5 Å². The predicted molar refractivity (Wildman–Crippen MR) is 144 cm³/mol. The molecular weight excluding hydrogens is 546 g/mol. The zero-order chi connectivity index (χ0) is 26.1. The Balaban J connectivity index is 1.59. The maximum atomic E-state index is 12.9. The molecule has 0 aliphatic carbocycles. The molecule has 1 atom stereocenters. The minimum absolute atomic E-state index is 0.0732. The normalized spacial score (nSPS) is 15.3. The lowest BCUT2D eigenvalue weighted by Crippen LogP contribution is -2.60. The Kier molecular flexibility index (Phi) is 10.2. The molecule has 1 aliphatic rings. The number of rotatable bonds is 9. The van der Waals surface area contributed by atoms with Gasteiger partial charge in [0.05, 0.1) is 17.5 Å². The summed E-state index contributed by atoms with van der Waals surface area (Å²) in [7, 11) is 0. The van der Waals surface area contributed by atoms with Crippen LogP contribution in [-0.2, 0) is 20.9 Å². The molecule has 0 saturated carbocycles. The van der Waals surface area contributed by atoms with Gasteiger partial charge in [0.1, 0.15) is 18.4 Å². The molecule has 2 aromatic rings. The van der Waals surface area contributed by atoms with Crippen molar-refractivity contribution in [3.05, 3.63) is 64.1 Å². The molecule has 0 spiro atoms. The van der Waals surface area contributed by atoms with Crippen LogP contribution in [0.4, 0.5) is 0 Å². The number of esters is 1. The van der Waals surface area contributed by atoms with Gasteiger partial charge in [-0.25, -0.2) is 0 Å². The van der Waals surface area contributed by atoms with Crippen molar-refractivity contribution in [3.63, 3.8) is 0 Å². The minimum atomic E-state index is -0.877. The molecule has 0 bridgehead atoms. The standard InChI is InChI=1S/C26H30BrN3O5S/c1-17(2)10-13-34-22-9-8-19(14-20(22)27)24(32)29-26(36)30-12-11-28-25(33)21(30)15-23(31)35-16-18-6-4-3-5-7-18/h3-9,14,17,21H,10-13,15-16H2,1-2H3,(H,28,33)(H,29,32,36). The fraction of sp³-hybridized carbons (Fsp3) is 0.385. The number of ether oxygens (including phenoxy) is 2. The average molecular weight is 577 g/mol. The number of piperazine rings is 1. The second-order valence-corrected chi connectivity index (χ2v) is 10.0. The molecule has 10 heteroatoms. The Morgan fingerprint density at radius 3 is 2.67 bits per heavy atom. The van der Waals surface area contributed by atoms with Crippen molar-refractivity contribution in [2.24, 2.45) is 5.92 Å². The SMILES string of the molecule is CC(C)CCOc1ccc(C(=O)NC(=S)N2CCNC(=O)C2CC(=O)OCc2ccccc2)cc1Br. The summed E-state index contributed by atoms with van der Waals surface area (Å²) in [5.74, 6) is -0.124. The summed E-state index contributed by atoms with van der Waals surface area (Å²) in [6.07, 6.45) is 0.732. The highest BCUT2D eigenvalue weighted by atomic mass is 79.9. The van der Waals surface area contributed by atoms with E-state index >= 15 is 0 Å². The van der Waals surface area contributed by atoms with Gasteiger partial charge in [0.25, 0.3) is 5.91 Å². The first kappa shape index (κ1) is 27.6. The highest BCUT2D eigenvalue weighted by molar-refractivity contribution is 9.10. The number of hydrogen-bond acceptors (Lipinski definition) is 6. The number of halogens is 1. The van der Waals surface area contributed by atoms with Gasteiger partial charge in [-0.2, -0.15) is 0 Å². The molecule has 0 aromatic heterocycles. The van der Waals surface area contributed by atoms with E-state index in [1.54, 1.807) is 23.1 Å². The molecule has 1 heterocycles. The molecule has 0 radical (unpaired) electrons. The van der Waals surface area contributed by atoms with E-state index in [1.807, 2.05) is 30.3 Å². The predicted octanol–water partition coefficient (Wildman–Crippen LogP) is 3.82.